The van der Waals surface area contributed by atoms with E-state index >= 15 is 0 Å². The molecule has 0 aromatic heterocycles. The van der Waals surface area contributed by atoms with Crippen LogP contribution in [0, 0.1) is 0 Å². The molecule has 9 heteroatoms. The van der Waals surface area contributed by atoms with Gasteiger partial charge >= 0.3 is 128 Å². The van der Waals surface area contributed by atoms with Crippen LogP contribution in [-0.2, 0) is 53.2 Å². The number of hydrogen-bond acceptors (Lipinski definition) is 7. The molecule has 0 aromatic rings. The first-order valence-electron chi connectivity index (χ1n) is 6.04. The normalized spacial score (nSPS) is 20.4. The van der Waals surface area contributed by atoms with Crippen LogP contribution in [0.4, 0.5) is 0 Å². The Hall–Kier alpha value is -1.31. The van der Waals surface area contributed by atoms with Gasteiger partial charge in [0.15, 0.2) is 0 Å². The van der Waals surface area contributed by atoms with Crippen LogP contribution in [0.1, 0.15) is 6.92 Å². The Morgan fingerprint density at radius 1 is 1.25 bits per heavy atom. The topological polar surface area (TPSA) is 105 Å². The van der Waals surface area contributed by atoms with Crippen molar-refractivity contribution in [2.45, 2.75) is 14.4 Å². The van der Waals surface area contributed by atoms with Gasteiger partial charge in [-0.2, -0.15) is 0 Å². The van der Waals surface area contributed by atoms with E-state index in [0.717, 1.165) is 0 Å². The van der Waals surface area contributed by atoms with Gasteiger partial charge in [-0.25, -0.2) is 0 Å². The van der Waals surface area contributed by atoms with Crippen molar-refractivity contribution in [3.8, 4) is 0 Å². The molecule has 0 aromatic carbocycles. The minimum absolute atomic E-state index is 0.102. The Labute approximate surface area is 128 Å². The van der Waals surface area contributed by atoms with Gasteiger partial charge < -0.3 is 0 Å². The predicted molar refractivity (Wildman–Crippen MR) is 59.7 cm³/mol. The number of hydrogen-bond donors (Lipinski definition) is 1. The SMILES string of the molecule is CCOC(=O)[C]1([Hg][CH3])[NH+]=NC(C(=O)OC)=C1C(=O)OC. The first-order valence-corrected chi connectivity index (χ1v) is 14.3. The molecule has 8 nitrogen and oxygen atoms in total. The predicted octanol–water partition coefficient (Wildman–Crippen LogP) is -1.48. The van der Waals surface area contributed by atoms with Gasteiger partial charge in [-0.3, -0.25) is 0 Å². The van der Waals surface area contributed by atoms with Crippen molar-refractivity contribution >= 4 is 17.9 Å². The molecule has 1 heterocycles. The Bertz CT molecular complexity index is 501. The van der Waals surface area contributed by atoms with Crippen molar-refractivity contribution in [2.75, 3.05) is 20.8 Å². The third-order valence-corrected chi connectivity index (χ3v) is 10.2. The molecule has 1 N–H and O–H groups in total. The molecule has 1 atom stereocenters. The van der Waals surface area contributed by atoms with Crippen molar-refractivity contribution < 1.29 is 58.3 Å². The average Bonchev–Trinajstić information content (AvgIpc) is 2.86. The van der Waals surface area contributed by atoms with Crippen molar-refractivity contribution in [1.82, 2.24) is 0 Å². The maximum atomic E-state index is 12.2. The van der Waals surface area contributed by atoms with E-state index in [2.05, 4.69) is 19.7 Å². The van der Waals surface area contributed by atoms with E-state index in [1.54, 1.807) is 6.92 Å². The Morgan fingerprint density at radius 3 is 2.30 bits per heavy atom. The standard InChI is InChI=1S/C10H12N2O6.CH3.Hg/c1-4-18-10(15)7-5(8(13)16-2)6(11-12-7)9(14)17-3;;/h12H,4H2,1-3H3;1H3;/q+1;;. The van der Waals surface area contributed by atoms with Crippen molar-refractivity contribution in [3.63, 3.8) is 0 Å². The summed E-state index contributed by atoms with van der Waals surface area (Å²) in [6, 6.07) is 0. The van der Waals surface area contributed by atoms with Crippen LogP contribution in [0.15, 0.2) is 16.4 Å². The summed E-state index contributed by atoms with van der Waals surface area (Å²) in [5, 5.41) is 6.40. The van der Waals surface area contributed by atoms with Crippen molar-refractivity contribution in [2.24, 2.45) is 5.11 Å². The number of esters is 3. The molecular formula is C11H15HgN2O6+. The Kier molecular flexibility index (Phi) is 5.79. The van der Waals surface area contributed by atoms with Crippen LogP contribution in [0.5, 0.6) is 0 Å². The van der Waals surface area contributed by atoms with Crippen LogP contribution < -0.4 is 5.11 Å². The summed E-state index contributed by atoms with van der Waals surface area (Å²) in [6.45, 7) is 1.82. The number of methoxy groups -OCH3 is 2. The summed E-state index contributed by atoms with van der Waals surface area (Å²) >= 11 is -2.01. The van der Waals surface area contributed by atoms with Gasteiger partial charge in [0.25, 0.3) is 0 Å². The molecule has 0 aliphatic carbocycles. The number of carbonyl (C=O) groups is 3. The second kappa shape index (κ2) is 6.91. The molecule has 106 valence electrons. The Morgan fingerprint density at radius 2 is 1.85 bits per heavy atom. The molecule has 0 radical (unpaired) electrons. The van der Waals surface area contributed by atoms with Crippen molar-refractivity contribution in [1.29, 1.82) is 0 Å². The molecule has 1 unspecified atom stereocenters. The summed E-state index contributed by atoms with van der Waals surface area (Å²) in [7, 11) is 2.34. The fraction of sp³-hybridized carbons (Fsp3) is 0.545. The van der Waals surface area contributed by atoms with Gasteiger partial charge in [-0.1, -0.05) is 0 Å². The van der Waals surface area contributed by atoms with Gasteiger partial charge in [0, 0.05) is 0 Å². The maximum absolute atomic E-state index is 12.2. The molecule has 0 bridgehead atoms. The average molecular weight is 472 g/mol. The molecule has 1 aliphatic rings. The number of nitrogens with one attached hydrogen (secondary N) is 1. The number of ether oxygens (including phenoxy) is 3. The van der Waals surface area contributed by atoms with Gasteiger partial charge in [0.1, 0.15) is 0 Å². The number of azo groups is 1. The summed E-state index contributed by atoms with van der Waals surface area (Å²) in [4.78, 5) is 35.9. The van der Waals surface area contributed by atoms with Gasteiger partial charge in [0.2, 0.25) is 0 Å². The van der Waals surface area contributed by atoms with Crippen LogP contribution in [0.2, 0.25) is 4.43 Å². The van der Waals surface area contributed by atoms with Crippen LogP contribution >= 0.6 is 0 Å². The van der Waals surface area contributed by atoms with Gasteiger partial charge in [0.05, 0.1) is 0 Å². The van der Waals surface area contributed by atoms with Crippen LogP contribution in [0.3, 0.4) is 0 Å². The van der Waals surface area contributed by atoms with E-state index in [1.165, 1.54) is 14.2 Å². The molecular weight excluding hydrogens is 457 g/mol. The zero-order valence-electron chi connectivity index (χ0n) is 11.8. The van der Waals surface area contributed by atoms with E-state index in [9.17, 15) is 14.4 Å². The first kappa shape index (κ1) is 16.7. The number of rotatable bonds is 5. The summed E-state index contributed by atoms with van der Waals surface area (Å²) in [6.07, 6.45) is 0. The van der Waals surface area contributed by atoms with Crippen molar-refractivity contribution in [3.05, 3.63) is 11.3 Å². The molecule has 0 fully saturated rings. The number of nitrogens with zero attached hydrogens (tertiary/aromatic N) is 1. The van der Waals surface area contributed by atoms with Crippen LogP contribution in [-0.4, -0.2) is 41.8 Å². The van der Waals surface area contributed by atoms with E-state index in [0.29, 0.717) is 0 Å². The first-order chi connectivity index (χ1) is 9.48. The second-order valence-electron chi connectivity index (χ2n) is 3.91. The summed E-state index contributed by atoms with van der Waals surface area (Å²) < 4.78 is 14.8. The third-order valence-electron chi connectivity index (χ3n) is 2.94. The molecule has 1 aliphatic heterocycles. The molecule has 0 spiro atoms. The van der Waals surface area contributed by atoms with Crippen LogP contribution in [0.25, 0.3) is 0 Å². The number of carbonyl (C=O) groups excluding carboxylic acids is 3. The fourth-order valence-electron chi connectivity index (χ4n) is 1.88. The van der Waals surface area contributed by atoms with E-state index in [-0.39, 0.29) is 17.9 Å². The summed E-state index contributed by atoms with van der Waals surface area (Å²) in [5.74, 6) is -2.19. The third kappa shape index (κ3) is 2.74. The molecule has 20 heavy (non-hydrogen) atoms. The van der Waals surface area contributed by atoms with Gasteiger partial charge in [-0.05, 0) is 0 Å². The van der Waals surface area contributed by atoms with E-state index < -0.39 is 45.5 Å². The van der Waals surface area contributed by atoms with E-state index in [1.807, 2.05) is 4.43 Å². The summed E-state index contributed by atoms with van der Waals surface area (Å²) in [5.41, 5.74) is -0.330. The zero-order valence-corrected chi connectivity index (χ0v) is 17.3. The van der Waals surface area contributed by atoms with E-state index in [4.69, 9.17) is 4.74 Å². The van der Waals surface area contributed by atoms with Gasteiger partial charge in [-0.15, -0.1) is 0 Å². The zero-order chi connectivity index (χ0) is 15.3. The fourth-order valence-corrected chi connectivity index (χ4v) is 6.91. The molecule has 0 amide bonds. The quantitative estimate of drug-likeness (QED) is 0.298. The molecule has 0 saturated carbocycles. The second-order valence-corrected chi connectivity index (χ2v) is 10.8. The Balaban J connectivity index is 3.42. The molecule has 0 saturated heterocycles. The molecule has 1 rings (SSSR count). The minimum atomic E-state index is -2.01. The monoisotopic (exact) mass is 473 g/mol.